The average Bonchev–Trinajstić information content (AvgIpc) is 2.81. The molecule has 0 bridgehead atoms. The Bertz CT molecular complexity index is 1430. The van der Waals surface area contributed by atoms with E-state index in [0.29, 0.717) is 6.07 Å². The van der Waals surface area contributed by atoms with E-state index in [2.05, 4.69) is 0 Å². The Morgan fingerprint density at radius 3 is 2.31 bits per heavy atom. The van der Waals surface area contributed by atoms with Crippen LogP contribution in [-0.4, -0.2) is 52.1 Å². The Labute approximate surface area is 224 Å². The molecule has 0 radical (unpaired) electrons. The molecule has 218 valence electrons. The molecular formula is C24H30F4N2O7S2. The number of anilines is 2. The first-order valence-corrected chi connectivity index (χ1v) is 15.0. The molecule has 15 heteroatoms. The number of nitrogens with two attached hydrogens (primary N) is 1. The van der Waals surface area contributed by atoms with Gasteiger partial charge in [0.05, 0.1) is 29.4 Å². The Morgan fingerprint density at radius 2 is 1.72 bits per heavy atom. The number of sulfone groups is 1. The van der Waals surface area contributed by atoms with Crippen molar-refractivity contribution in [2.75, 3.05) is 28.6 Å². The van der Waals surface area contributed by atoms with Gasteiger partial charge >= 0.3 is 5.97 Å². The van der Waals surface area contributed by atoms with Gasteiger partial charge in [0.2, 0.25) is 21.3 Å². The number of ether oxygens (including phenoxy) is 2. The maximum absolute atomic E-state index is 15.2. The first-order valence-electron chi connectivity index (χ1n) is 11.6. The molecular weight excluding hydrogens is 568 g/mol. The van der Waals surface area contributed by atoms with Crippen LogP contribution in [0.4, 0.5) is 28.9 Å². The molecule has 0 amide bonds. The third-order valence-electron chi connectivity index (χ3n) is 5.14. The molecule has 0 saturated carbocycles. The highest BCUT2D eigenvalue weighted by atomic mass is 32.2. The molecule has 2 rings (SSSR count). The monoisotopic (exact) mass is 598 g/mol. The number of rotatable bonds is 12. The Hall–Kier alpha value is -3.07. The van der Waals surface area contributed by atoms with E-state index in [1.54, 1.807) is 25.5 Å². The molecule has 0 fully saturated rings. The molecule has 0 aromatic heterocycles. The molecule has 1 unspecified atom stereocenters. The fraction of sp³-hybridized carbons (Fsp3) is 0.458. The Balaban J connectivity index is 2.30. The normalized spacial score (nSPS) is 13.1. The van der Waals surface area contributed by atoms with Crippen LogP contribution in [0.2, 0.25) is 0 Å². The first-order chi connectivity index (χ1) is 17.9. The lowest BCUT2D eigenvalue weighted by atomic mass is 10.0. The van der Waals surface area contributed by atoms with Gasteiger partial charge in [0.1, 0.15) is 11.4 Å². The molecule has 0 aliphatic heterocycles. The maximum Gasteiger partial charge on any atom is 0.341 e. The van der Waals surface area contributed by atoms with Crippen LogP contribution in [0, 0.1) is 18.6 Å². The number of benzene rings is 2. The van der Waals surface area contributed by atoms with Crippen LogP contribution in [-0.2, 0) is 24.6 Å². The van der Waals surface area contributed by atoms with Crippen LogP contribution in [0.5, 0.6) is 11.5 Å². The number of nitrogen functional groups attached to an aromatic ring is 1. The van der Waals surface area contributed by atoms with Gasteiger partial charge in [-0.25, -0.2) is 34.8 Å². The Morgan fingerprint density at radius 1 is 1.08 bits per heavy atom. The average molecular weight is 599 g/mol. The van der Waals surface area contributed by atoms with Crippen molar-refractivity contribution in [3.63, 3.8) is 0 Å². The predicted octanol–water partition coefficient (Wildman–Crippen LogP) is 4.80. The van der Waals surface area contributed by atoms with Gasteiger partial charge < -0.3 is 15.2 Å². The van der Waals surface area contributed by atoms with E-state index in [1.807, 2.05) is 0 Å². The third-order valence-corrected chi connectivity index (χ3v) is 8.32. The number of hydrogen-bond donors (Lipinski definition) is 2. The van der Waals surface area contributed by atoms with E-state index >= 15 is 4.39 Å². The molecule has 2 aromatic carbocycles. The molecule has 0 aliphatic carbocycles. The number of carbonyl (C=O) groups excluding carboxylic acids is 1. The van der Waals surface area contributed by atoms with Crippen LogP contribution >= 0.6 is 0 Å². The number of sulfonamides is 1. The molecule has 3 N–H and O–H groups in total. The minimum Gasteiger partial charge on any atom is -0.456 e. The van der Waals surface area contributed by atoms with Crippen LogP contribution in [0.25, 0.3) is 0 Å². The molecule has 1 atom stereocenters. The van der Waals surface area contributed by atoms with E-state index in [-0.39, 0.29) is 22.6 Å². The fourth-order valence-electron chi connectivity index (χ4n) is 3.27. The lowest BCUT2D eigenvalue weighted by Gasteiger charge is -2.22. The molecule has 39 heavy (non-hydrogen) atoms. The summed E-state index contributed by atoms with van der Waals surface area (Å²) < 4.78 is 117. The standard InChI is InChI=1S/C24H30F4N2O7S2/c1-14-18(9-7-16(29)20(14)23(31)37-24(2,3)4)36-22-15(26)6-8-17(21(22)28)30-39(34,35)13-10-19(27)38(32,33)12-5-11-25/h6-9,19,30H,5,10-13,29H2,1-4H3. The summed E-state index contributed by atoms with van der Waals surface area (Å²) in [5.41, 5.74) is 1.71. The lowest BCUT2D eigenvalue weighted by Crippen LogP contribution is -2.26. The van der Waals surface area contributed by atoms with E-state index < -0.39 is 91.0 Å². The van der Waals surface area contributed by atoms with Gasteiger partial charge in [-0.15, -0.1) is 0 Å². The highest BCUT2D eigenvalue weighted by Crippen LogP contribution is 2.36. The smallest absolute Gasteiger partial charge is 0.341 e. The van der Waals surface area contributed by atoms with E-state index in [1.165, 1.54) is 19.1 Å². The summed E-state index contributed by atoms with van der Waals surface area (Å²) in [5.74, 6) is -6.55. The number of carbonyl (C=O) groups is 1. The number of alkyl halides is 2. The zero-order valence-corrected chi connectivity index (χ0v) is 23.3. The molecule has 2 aromatic rings. The largest absolute Gasteiger partial charge is 0.456 e. The van der Waals surface area contributed by atoms with Crippen LogP contribution < -0.4 is 15.2 Å². The van der Waals surface area contributed by atoms with E-state index in [9.17, 15) is 34.8 Å². The van der Waals surface area contributed by atoms with Gasteiger partial charge in [0.25, 0.3) is 0 Å². The van der Waals surface area contributed by atoms with Gasteiger partial charge in [-0.3, -0.25) is 9.11 Å². The van der Waals surface area contributed by atoms with Crippen molar-refractivity contribution in [1.82, 2.24) is 0 Å². The van der Waals surface area contributed by atoms with Crippen molar-refractivity contribution in [2.24, 2.45) is 0 Å². The fourth-order valence-corrected chi connectivity index (χ4v) is 5.77. The zero-order chi connectivity index (χ0) is 29.8. The molecule has 0 aliphatic rings. The van der Waals surface area contributed by atoms with E-state index in [0.717, 1.165) is 6.07 Å². The lowest BCUT2D eigenvalue weighted by molar-refractivity contribution is 0.00696. The Kier molecular flexibility index (Phi) is 10.2. The molecule has 0 spiro atoms. The van der Waals surface area contributed by atoms with Crippen molar-refractivity contribution in [3.05, 3.63) is 47.0 Å². The second kappa shape index (κ2) is 12.4. The zero-order valence-electron chi connectivity index (χ0n) is 21.7. The summed E-state index contributed by atoms with van der Waals surface area (Å²) >= 11 is 0. The molecule has 0 heterocycles. The summed E-state index contributed by atoms with van der Waals surface area (Å²) in [7, 11) is -8.89. The number of nitrogens with one attached hydrogen (secondary N) is 1. The maximum atomic E-state index is 15.2. The summed E-state index contributed by atoms with van der Waals surface area (Å²) in [6, 6.07) is 3.97. The summed E-state index contributed by atoms with van der Waals surface area (Å²) in [4.78, 5) is 12.6. The third kappa shape index (κ3) is 8.71. The van der Waals surface area contributed by atoms with Crippen LogP contribution in [0.3, 0.4) is 0 Å². The van der Waals surface area contributed by atoms with Gasteiger partial charge in [0.15, 0.2) is 21.5 Å². The van der Waals surface area contributed by atoms with Crippen molar-refractivity contribution < 1.29 is 48.7 Å². The summed E-state index contributed by atoms with van der Waals surface area (Å²) in [6.07, 6.45) is -1.43. The molecule has 0 saturated heterocycles. The number of esters is 1. The molecule has 9 nitrogen and oxygen atoms in total. The van der Waals surface area contributed by atoms with Crippen molar-refractivity contribution >= 4 is 37.2 Å². The predicted molar refractivity (Wildman–Crippen MR) is 138 cm³/mol. The first kappa shape index (κ1) is 32.1. The van der Waals surface area contributed by atoms with Gasteiger partial charge in [0, 0.05) is 17.7 Å². The summed E-state index contributed by atoms with van der Waals surface area (Å²) in [6.45, 7) is 5.31. The van der Waals surface area contributed by atoms with Gasteiger partial charge in [-0.2, -0.15) is 0 Å². The second-order valence-corrected chi connectivity index (χ2v) is 13.6. The van der Waals surface area contributed by atoms with Crippen LogP contribution in [0.15, 0.2) is 24.3 Å². The quantitative estimate of drug-likeness (QED) is 0.202. The minimum atomic E-state index is -4.51. The van der Waals surface area contributed by atoms with Gasteiger partial charge in [-0.1, -0.05) is 0 Å². The van der Waals surface area contributed by atoms with E-state index in [4.69, 9.17) is 15.2 Å². The van der Waals surface area contributed by atoms with Crippen molar-refractivity contribution in [1.29, 1.82) is 0 Å². The van der Waals surface area contributed by atoms with Gasteiger partial charge in [-0.05, 0) is 58.4 Å². The topological polar surface area (TPSA) is 142 Å². The second-order valence-electron chi connectivity index (χ2n) is 9.52. The van der Waals surface area contributed by atoms with Crippen molar-refractivity contribution in [3.8, 4) is 11.5 Å². The number of hydrogen-bond acceptors (Lipinski definition) is 8. The highest BCUT2D eigenvalue weighted by Gasteiger charge is 2.28. The SMILES string of the molecule is Cc1c(Oc2c(F)ccc(NS(=O)(=O)CCC(F)S(=O)(=O)CCCF)c2F)ccc(N)c1C(=O)OC(C)(C)C. The van der Waals surface area contributed by atoms with Crippen molar-refractivity contribution in [2.45, 2.75) is 51.6 Å². The highest BCUT2D eigenvalue weighted by molar-refractivity contribution is 7.93. The minimum absolute atomic E-state index is 0.0226. The number of halogens is 4. The van der Waals surface area contributed by atoms with Crippen LogP contribution in [0.1, 0.15) is 49.5 Å². The summed E-state index contributed by atoms with van der Waals surface area (Å²) in [5, 5.41) is 0.